The summed E-state index contributed by atoms with van der Waals surface area (Å²) in [6.07, 6.45) is 1.68. The molecule has 106 valence electrons. The summed E-state index contributed by atoms with van der Waals surface area (Å²) in [5.74, 6) is 0.585. The van der Waals surface area contributed by atoms with E-state index in [0.717, 1.165) is 0 Å². The number of carbonyl (C=O) groups excluding carboxylic acids is 1. The summed E-state index contributed by atoms with van der Waals surface area (Å²) < 4.78 is 10.9. The van der Waals surface area contributed by atoms with E-state index in [1.807, 2.05) is 19.9 Å². The van der Waals surface area contributed by atoms with Crippen molar-refractivity contribution in [3.63, 3.8) is 0 Å². The second kappa shape index (κ2) is 5.13. The third-order valence-electron chi connectivity index (χ3n) is 3.29. The first-order valence-electron chi connectivity index (χ1n) is 6.67. The van der Waals surface area contributed by atoms with Gasteiger partial charge in [-0.25, -0.2) is 0 Å². The van der Waals surface area contributed by atoms with Gasteiger partial charge in [-0.05, 0) is 26.0 Å². The highest BCUT2D eigenvalue weighted by molar-refractivity contribution is 5.93. The molecule has 0 radical (unpaired) electrons. The van der Waals surface area contributed by atoms with Gasteiger partial charge in [-0.1, -0.05) is 0 Å². The Balaban J connectivity index is 1.77. The average molecular weight is 275 g/mol. The predicted octanol–water partition coefficient (Wildman–Crippen LogP) is 1.92. The van der Waals surface area contributed by atoms with E-state index in [1.54, 1.807) is 23.3 Å². The molecule has 0 spiro atoms. The van der Waals surface area contributed by atoms with E-state index in [-0.39, 0.29) is 18.1 Å². The zero-order chi connectivity index (χ0) is 14.1. The Kier molecular flexibility index (Phi) is 3.31. The number of H-pyrrole nitrogens is 1. The normalized spacial score (nSPS) is 23.0. The first kappa shape index (κ1) is 12.9. The number of furan rings is 1. The summed E-state index contributed by atoms with van der Waals surface area (Å²) in [6.45, 7) is 5.11. The van der Waals surface area contributed by atoms with Crippen LogP contribution in [0.2, 0.25) is 0 Å². The van der Waals surface area contributed by atoms with Crippen molar-refractivity contribution in [3.8, 4) is 11.5 Å². The number of amides is 1. The largest absolute Gasteiger partial charge is 0.463 e. The van der Waals surface area contributed by atoms with Gasteiger partial charge in [0.2, 0.25) is 0 Å². The Morgan fingerprint density at radius 2 is 2.15 bits per heavy atom. The van der Waals surface area contributed by atoms with Crippen molar-refractivity contribution in [3.05, 3.63) is 30.2 Å². The second-order valence-electron chi connectivity index (χ2n) is 5.11. The van der Waals surface area contributed by atoms with E-state index in [1.165, 1.54) is 0 Å². The molecule has 0 unspecified atom stereocenters. The highest BCUT2D eigenvalue weighted by Gasteiger charge is 2.28. The molecular weight excluding hydrogens is 258 g/mol. The fourth-order valence-electron chi connectivity index (χ4n) is 2.50. The Labute approximate surface area is 116 Å². The van der Waals surface area contributed by atoms with E-state index in [9.17, 15) is 4.79 Å². The fourth-order valence-corrected chi connectivity index (χ4v) is 2.50. The van der Waals surface area contributed by atoms with Crippen molar-refractivity contribution < 1.29 is 13.9 Å². The summed E-state index contributed by atoms with van der Waals surface area (Å²) >= 11 is 0. The minimum Gasteiger partial charge on any atom is -0.463 e. The van der Waals surface area contributed by atoms with E-state index >= 15 is 0 Å². The van der Waals surface area contributed by atoms with Crippen LogP contribution in [0.4, 0.5) is 0 Å². The first-order chi connectivity index (χ1) is 9.63. The quantitative estimate of drug-likeness (QED) is 0.909. The van der Waals surface area contributed by atoms with Crippen LogP contribution in [0.15, 0.2) is 28.9 Å². The van der Waals surface area contributed by atoms with Gasteiger partial charge < -0.3 is 14.1 Å². The molecule has 2 atom stereocenters. The third-order valence-corrected chi connectivity index (χ3v) is 3.29. The molecule has 2 aromatic rings. The molecule has 6 heteroatoms. The molecule has 1 N–H and O–H groups in total. The summed E-state index contributed by atoms with van der Waals surface area (Å²) in [7, 11) is 0. The topological polar surface area (TPSA) is 71.4 Å². The van der Waals surface area contributed by atoms with Crippen molar-refractivity contribution in [1.29, 1.82) is 0 Å². The molecule has 1 aliphatic heterocycles. The number of aromatic nitrogens is 2. The van der Waals surface area contributed by atoms with Gasteiger partial charge in [0.1, 0.15) is 5.69 Å². The number of morpholine rings is 1. The predicted molar refractivity (Wildman–Crippen MR) is 72.2 cm³/mol. The molecule has 1 fully saturated rings. The van der Waals surface area contributed by atoms with Crippen LogP contribution in [-0.4, -0.2) is 46.3 Å². The van der Waals surface area contributed by atoms with E-state index in [2.05, 4.69) is 10.2 Å². The van der Waals surface area contributed by atoms with Crippen molar-refractivity contribution in [2.45, 2.75) is 26.1 Å². The molecule has 0 saturated carbocycles. The number of nitrogens with one attached hydrogen (secondary N) is 1. The fraction of sp³-hybridized carbons (Fsp3) is 0.429. The number of carbonyl (C=O) groups is 1. The molecule has 3 rings (SSSR count). The Hall–Kier alpha value is -2.08. The van der Waals surface area contributed by atoms with Crippen LogP contribution in [0.25, 0.3) is 11.5 Å². The van der Waals surface area contributed by atoms with Crippen LogP contribution < -0.4 is 0 Å². The van der Waals surface area contributed by atoms with Gasteiger partial charge in [-0.15, -0.1) is 0 Å². The highest BCUT2D eigenvalue weighted by Crippen LogP contribution is 2.19. The maximum atomic E-state index is 12.4. The molecule has 0 aliphatic carbocycles. The molecule has 0 bridgehead atoms. The molecule has 0 aromatic carbocycles. The molecule has 1 aliphatic rings. The van der Waals surface area contributed by atoms with Gasteiger partial charge in [-0.2, -0.15) is 5.10 Å². The van der Waals surface area contributed by atoms with Gasteiger partial charge in [-0.3, -0.25) is 9.89 Å². The third kappa shape index (κ3) is 2.46. The van der Waals surface area contributed by atoms with Crippen molar-refractivity contribution in [1.82, 2.24) is 15.1 Å². The van der Waals surface area contributed by atoms with Crippen LogP contribution in [0.3, 0.4) is 0 Å². The lowest BCUT2D eigenvalue weighted by molar-refractivity contribution is -0.0587. The van der Waals surface area contributed by atoms with Crippen molar-refractivity contribution in [2.75, 3.05) is 13.1 Å². The monoisotopic (exact) mass is 275 g/mol. The van der Waals surface area contributed by atoms with Gasteiger partial charge in [0.25, 0.3) is 5.91 Å². The highest BCUT2D eigenvalue weighted by atomic mass is 16.5. The number of hydrogen-bond acceptors (Lipinski definition) is 4. The van der Waals surface area contributed by atoms with Crippen LogP contribution in [0.1, 0.15) is 24.3 Å². The minimum absolute atomic E-state index is 0.0474. The Bertz CT molecular complexity index is 581. The zero-order valence-corrected chi connectivity index (χ0v) is 11.5. The van der Waals surface area contributed by atoms with Gasteiger partial charge in [0.15, 0.2) is 11.5 Å². The number of nitrogens with zero attached hydrogens (tertiary/aromatic N) is 2. The molecule has 3 heterocycles. The van der Waals surface area contributed by atoms with Crippen LogP contribution >= 0.6 is 0 Å². The maximum absolute atomic E-state index is 12.4. The molecule has 2 aromatic heterocycles. The summed E-state index contributed by atoms with van der Waals surface area (Å²) in [5, 5.41) is 6.91. The van der Waals surface area contributed by atoms with Crippen molar-refractivity contribution >= 4 is 5.91 Å². The molecular formula is C14H17N3O3. The maximum Gasteiger partial charge on any atom is 0.274 e. The summed E-state index contributed by atoms with van der Waals surface area (Å²) in [5.41, 5.74) is 1.10. The van der Waals surface area contributed by atoms with Gasteiger partial charge in [0.05, 0.1) is 18.5 Å². The SMILES string of the molecule is C[C@H]1CN(C(=O)c2cc(-c3ccco3)[nH]n2)C[C@H](C)O1. The first-order valence-corrected chi connectivity index (χ1v) is 6.67. The van der Waals surface area contributed by atoms with Gasteiger partial charge in [0, 0.05) is 19.2 Å². The molecule has 1 amide bonds. The molecule has 20 heavy (non-hydrogen) atoms. The smallest absolute Gasteiger partial charge is 0.274 e. The molecule has 6 nitrogen and oxygen atoms in total. The van der Waals surface area contributed by atoms with Crippen LogP contribution in [0.5, 0.6) is 0 Å². The average Bonchev–Trinajstić information content (AvgIpc) is 3.07. The van der Waals surface area contributed by atoms with Crippen molar-refractivity contribution in [2.24, 2.45) is 0 Å². The van der Waals surface area contributed by atoms with E-state index in [4.69, 9.17) is 9.15 Å². The summed E-state index contributed by atoms with van der Waals surface area (Å²) in [4.78, 5) is 14.2. The zero-order valence-electron chi connectivity index (χ0n) is 11.5. The van der Waals surface area contributed by atoms with E-state index in [0.29, 0.717) is 30.2 Å². The number of aromatic amines is 1. The minimum atomic E-state index is -0.0824. The lowest BCUT2D eigenvalue weighted by Gasteiger charge is -2.34. The standard InChI is InChI=1S/C14H17N3O3/c1-9-7-17(8-10(2)20-9)14(18)12-6-11(15-16-12)13-4-3-5-19-13/h3-6,9-10H,7-8H2,1-2H3,(H,15,16)/t9-,10-/m0/s1. The summed E-state index contributed by atoms with van der Waals surface area (Å²) in [6, 6.07) is 5.33. The Morgan fingerprint density at radius 3 is 2.80 bits per heavy atom. The molecule has 1 saturated heterocycles. The number of rotatable bonds is 2. The lowest BCUT2D eigenvalue weighted by atomic mass is 10.2. The Morgan fingerprint density at radius 1 is 1.40 bits per heavy atom. The van der Waals surface area contributed by atoms with E-state index < -0.39 is 0 Å². The second-order valence-corrected chi connectivity index (χ2v) is 5.11. The lowest BCUT2D eigenvalue weighted by Crippen LogP contribution is -2.48. The van der Waals surface area contributed by atoms with Gasteiger partial charge >= 0.3 is 0 Å². The van der Waals surface area contributed by atoms with Crippen LogP contribution in [-0.2, 0) is 4.74 Å². The number of hydrogen-bond donors (Lipinski definition) is 1. The van der Waals surface area contributed by atoms with Crippen LogP contribution in [0, 0.1) is 0 Å². The number of ether oxygens (including phenoxy) is 1.